The Bertz CT molecular complexity index is 329. The van der Waals surface area contributed by atoms with Crippen molar-refractivity contribution in [1.82, 2.24) is 4.90 Å². The molecule has 0 saturated carbocycles. The van der Waals surface area contributed by atoms with Crippen molar-refractivity contribution < 1.29 is 5.11 Å². The van der Waals surface area contributed by atoms with Gasteiger partial charge in [0.1, 0.15) is 0 Å². The summed E-state index contributed by atoms with van der Waals surface area (Å²) in [7, 11) is 0. The summed E-state index contributed by atoms with van der Waals surface area (Å²) in [4.78, 5) is 2.36. The minimum absolute atomic E-state index is 0.286. The standard InChI is InChI=1S/C12H16BrNO/c13-11-4-1-3-10(7-11)8-14-6-2-5-12(14)9-15/h1,3-4,7,12,15H,2,5-6,8-9H2/t12-/m0/s1. The first-order valence-corrected chi connectivity index (χ1v) is 6.18. The highest BCUT2D eigenvalue weighted by Crippen LogP contribution is 2.20. The number of aliphatic hydroxyl groups is 1. The van der Waals surface area contributed by atoms with Crippen LogP contribution in [0, 0.1) is 0 Å². The Labute approximate surface area is 99.0 Å². The molecule has 1 saturated heterocycles. The molecule has 0 bridgehead atoms. The van der Waals surface area contributed by atoms with Crippen LogP contribution in [-0.2, 0) is 6.54 Å². The average Bonchev–Trinajstić information content (AvgIpc) is 2.65. The molecule has 82 valence electrons. The normalized spacial score (nSPS) is 22.1. The maximum absolute atomic E-state index is 9.22. The highest BCUT2D eigenvalue weighted by atomic mass is 79.9. The van der Waals surface area contributed by atoms with Gasteiger partial charge >= 0.3 is 0 Å². The molecule has 0 spiro atoms. The topological polar surface area (TPSA) is 23.5 Å². The van der Waals surface area contributed by atoms with Gasteiger partial charge in [-0.05, 0) is 37.1 Å². The maximum atomic E-state index is 9.22. The summed E-state index contributed by atoms with van der Waals surface area (Å²) < 4.78 is 1.12. The second-order valence-electron chi connectivity index (χ2n) is 4.08. The van der Waals surface area contributed by atoms with E-state index in [1.807, 2.05) is 6.07 Å². The van der Waals surface area contributed by atoms with Crippen LogP contribution in [0.15, 0.2) is 28.7 Å². The zero-order chi connectivity index (χ0) is 10.7. The van der Waals surface area contributed by atoms with E-state index in [-0.39, 0.29) is 6.61 Å². The van der Waals surface area contributed by atoms with Crippen molar-refractivity contribution in [2.75, 3.05) is 13.2 Å². The molecule has 0 radical (unpaired) electrons. The molecule has 1 fully saturated rings. The van der Waals surface area contributed by atoms with Crippen LogP contribution >= 0.6 is 15.9 Å². The molecule has 3 heteroatoms. The van der Waals surface area contributed by atoms with Gasteiger partial charge in [-0.25, -0.2) is 0 Å². The molecule has 1 aliphatic rings. The van der Waals surface area contributed by atoms with E-state index in [0.29, 0.717) is 6.04 Å². The Balaban J connectivity index is 2.02. The van der Waals surface area contributed by atoms with Crippen LogP contribution in [0.25, 0.3) is 0 Å². The second kappa shape index (κ2) is 5.10. The van der Waals surface area contributed by atoms with Crippen LogP contribution in [0.3, 0.4) is 0 Å². The molecule has 1 heterocycles. The van der Waals surface area contributed by atoms with E-state index < -0.39 is 0 Å². The molecule has 1 aromatic rings. The van der Waals surface area contributed by atoms with Gasteiger partial charge in [-0.2, -0.15) is 0 Å². The Morgan fingerprint density at radius 2 is 2.33 bits per heavy atom. The number of aliphatic hydroxyl groups excluding tert-OH is 1. The average molecular weight is 270 g/mol. The Kier molecular flexibility index (Phi) is 3.78. The summed E-state index contributed by atoms with van der Waals surface area (Å²) in [6.45, 7) is 2.34. The van der Waals surface area contributed by atoms with Crippen LogP contribution in [0.5, 0.6) is 0 Å². The fourth-order valence-electron chi connectivity index (χ4n) is 2.18. The van der Waals surface area contributed by atoms with Gasteiger partial charge in [0.25, 0.3) is 0 Å². The van der Waals surface area contributed by atoms with Crippen LogP contribution in [-0.4, -0.2) is 29.2 Å². The Morgan fingerprint density at radius 3 is 3.07 bits per heavy atom. The summed E-state index contributed by atoms with van der Waals surface area (Å²) in [6, 6.07) is 8.74. The van der Waals surface area contributed by atoms with Gasteiger partial charge in [-0.1, -0.05) is 28.1 Å². The SMILES string of the molecule is OC[C@@H]1CCCN1Cc1cccc(Br)c1. The molecule has 0 amide bonds. The highest BCUT2D eigenvalue weighted by Gasteiger charge is 2.23. The molecular formula is C12H16BrNO. The molecular weight excluding hydrogens is 254 g/mol. The predicted octanol–water partition coefficient (Wildman–Crippen LogP) is 2.41. The minimum Gasteiger partial charge on any atom is -0.395 e. The molecule has 0 unspecified atom stereocenters. The van der Waals surface area contributed by atoms with E-state index in [9.17, 15) is 5.11 Å². The summed E-state index contributed by atoms with van der Waals surface area (Å²) in [5.41, 5.74) is 1.31. The summed E-state index contributed by atoms with van der Waals surface area (Å²) >= 11 is 3.48. The predicted molar refractivity (Wildman–Crippen MR) is 64.7 cm³/mol. The quantitative estimate of drug-likeness (QED) is 0.911. The molecule has 1 aliphatic heterocycles. The van der Waals surface area contributed by atoms with E-state index in [4.69, 9.17) is 0 Å². The Morgan fingerprint density at radius 1 is 1.47 bits per heavy atom. The van der Waals surface area contributed by atoms with Crippen LogP contribution in [0.1, 0.15) is 18.4 Å². The van der Waals surface area contributed by atoms with Crippen molar-refractivity contribution in [3.63, 3.8) is 0 Å². The number of rotatable bonds is 3. The van der Waals surface area contributed by atoms with Gasteiger partial charge in [0, 0.05) is 17.1 Å². The van der Waals surface area contributed by atoms with Gasteiger partial charge in [0.05, 0.1) is 6.61 Å². The first-order chi connectivity index (χ1) is 7.29. The molecule has 15 heavy (non-hydrogen) atoms. The highest BCUT2D eigenvalue weighted by molar-refractivity contribution is 9.10. The largest absolute Gasteiger partial charge is 0.395 e. The molecule has 1 aromatic carbocycles. The monoisotopic (exact) mass is 269 g/mol. The summed E-state index contributed by atoms with van der Waals surface area (Å²) in [6.07, 6.45) is 2.34. The van der Waals surface area contributed by atoms with E-state index in [1.54, 1.807) is 0 Å². The van der Waals surface area contributed by atoms with E-state index in [1.165, 1.54) is 12.0 Å². The lowest BCUT2D eigenvalue weighted by Crippen LogP contribution is -2.31. The minimum atomic E-state index is 0.286. The van der Waals surface area contributed by atoms with E-state index in [0.717, 1.165) is 24.0 Å². The fourth-order valence-corrected chi connectivity index (χ4v) is 2.63. The van der Waals surface area contributed by atoms with Crippen molar-refractivity contribution in [2.45, 2.75) is 25.4 Å². The lowest BCUT2D eigenvalue weighted by molar-refractivity contribution is 0.153. The van der Waals surface area contributed by atoms with Gasteiger partial charge in [0.15, 0.2) is 0 Å². The zero-order valence-electron chi connectivity index (χ0n) is 8.69. The van der Waals surface area contributed by atoms with E-state index >= 15 is 0 Å². The summed E-state index contributed by atoms with van der Waals surface area (Å²) in [5, 5.41) is 9.22. The van der Waals surface area contributed by atoms with Crippen LogP contribution in [0.2, 0.25) is 0 Å². The lowest BCUT2D eigenvalue weighted by Gasteiger charge is -2.22. The molecule has 2 nitrogen and oxygen atoms in total. The molecule has 1 atom stereocenters. The van der Waals surface area contributed by atoms with Crippen LogP contribution < -0.4 is 0 Å². The van der Waals surface area contributed by atoms with Gasteiger partial charge < -0.3 is 5.11 Å². The zero-order valence-corrected chi connectivity index (χ0v) is 10.3. The number of hydrogen-bond acceptors (Lipinski definition) is 2. The van der Waals surface area contributed by atoms with Crippen molar-refractivity contribution in [3.05, 3.63) is 34.3 Å². The number of nitrogens with zero attached hydrogens (tertiary/aromatic N) is 1. The van der Waals surface area contributed by atoms with Gasteiger partial charge in [0.2, 0.25) is 0 Å². The lowest BCUT2D eigenvalue weighted by atomic mass is 10.2. The first kappa shape index (κ1) is 11.1. The molecule has 0 aliphatic carbocycles. The second-order valence-corrected chi connectivity index (χ2v) is 4.99. The van der Waals surface area contributed by atoms with E-state index in [2.05, 4.69) is 39.0 Å². The fraction of sp³-hybridized carbons (Fsp3) is 0.500. The Hall–Kier alpha value is -0.380. The van der Waals surface area contributed by atoms with Crippen molar-refractivity contribution in [3.8, 4) is 0 Å². The molecule has 0 aromatic heterocycles. The van der Waals surface area contributed by atoms with Crippen molar-refractivity contribution >= 4 is 15.9 Å². The number of hydrogen-bond donors (Lipinski definition) is 1. The third-order valence-electron chi connectivity index (χ3n) is 2.98. The number of halogens is 1. The third-order valence-corrected chi connectivity index (χ3v) is 3.48. The van der Waals surface area contributed by atoms with Crippen molar-refractivity contribution in [1.29, 1.82) is 0 Å². The van der Waals surface area contributed by atoms with Crippen molar-refractivity contribution in [2.24, 2.45) is 0 Å². The van der Waals surface area contributed by atoms with Crippen LogP contribution in [0.4, 0.5) is 0 Å². The molecule has 1 N–H and O–H groups in total. The maximum Gasteiger partial charge on any atom is 0.0587 e. The number of benzene rings is 1. The smallest absolute Gasteiger partial charge is 0.0587 e. The summed E-state index contributed by atoms with van der Waals surface area (Å²) in [5.74, 6) is 0. The molecule has 2 rings (SSSR count). The third kappa shape index (κ3) is 2.80. The van der Waals surface area contributed by atoms with Gasteiger partial charge in [-0.15, -0.1) is 0 Å². The number of likely N-dealkylation sites (tertiary alicyclic amines) is 1. The first-order valence-electron chi connectivity index (χ1n) is 5.39. The van der Waals surface area contributed by atoms with Gasteiger partial charge in [-0.3, -0.25) is 4.90 Å².